The van der Waals surface area contributed by atoms with Crippen molar-refractivity contribution in [2.24, 2.45) is 0 Å². The molecule has 0 radical (unpaired) electrons. The minimum atomic E-state index is -0.559. The summed E-state index contributed by atoms with van der Waals surface area (Å²) in [4.78, 5) is 7.98. The Hall–Kier alpha value is -2.21. The molecule has 1 aliphatic heterocycles. The maximum absolute atomic E-state index is 10.8. The van der Waals surface area contributed by atoms with Crippen LogP contribution >= 0.6 is 0 Å². The summed E-state index contributed by atoms with van der Waals surface area (Å²) >= 11 is 0. The number of hydrogen-bond donors (Lipinski definition) is 4. The van der Waals surface area contributed by atoms with Crippen LogP contribution in [-0.2, 0) is 0 Å². The number of benzene rings is 1. The standard InChI is InChI=1S/C25H34N4O/c1-15(2)23-21-13-18(17(4)25(30)28-20-6-5-10-26-14-20)7-8-22(21)29-24(23)19-9-11-27-16(3)12-19/h7-9,11-13,15,17,20,25-26,28-30H,5-6,10,14H2,1-4H3/t17?,20-,25?/m1/s1. The van der Waals surface area contributed by atoms with Gasteiger partial charge in [0, 0.05) is 46.9 Å². The van der Waals surface area contributed by atoms with Crippen molar-refractivity contribution in [1.29, 1.82) is 0 Å². The van der Waals surface area contributed by atoms with Crippen molar-refractivity contribution in [2.75, 3.05) is 13.1 Å². The Bertz CT molecular complexity index is 1000. The molecule has 3 aromatic rings. The second kappa shape index (κ2) is 8.88. The molecule has 0 spiro atoms. The lowest BCUT2D eigenvalue weighted by molar-refractivity contribution is 0.0939. The van der Waals surface area contributed by atoms with Crippen LogP contribution in [0.3, 0.4) is 0 Å². The Morgan fingerprint density at radius 2 is 2.00 bits per heavy atom. The number of nitrogens with zero attached hydrogens (tertiary/aromatic N) is 1. The summed E-state index contributed by atoms with van der Waals surface area (Å²) in [6.45, 7) is 10.6. The van der Waals surface area contributed by atoms with Crippen molar-refractivity contribution in [3.63, 3.8) is 0 Å². The van der Waals surface area contributed by atoms with Crippen molar-refractivity contribution in [1.82, 2.24) is 20.6 Å². The number of nitrogens with one attached hydrogen (secondary N) is 3. The van der Waals surface area contributed by atoms with Crippen LogP contribution in [0.2, 0.25) is 0 Å². The van der Waals surface area contributed by atoms with E-state index in [1.54, 1.807) is 0 Å². The van der Waals surface area contributed by atoms with Crippen LogP contribution < -0.4 is 10.6 Å². The van der Waals surface area contributed by atoms with Crippen LogP contribution in [0.1, 0.15) is 62.3 Å². The second-order valence-electron chi connectivity index (χ2n) is 9.00. The van der Waals surface area contributed by atoms with E-state index in [1.165, 1.54) is 22.2 Å². The average molecular weight is 407 g/mol. The number of aromatic nitrogens is 2. The molecule has 0 bridgehead atoms. The molecular formula is C25H34N4O. The van der Waals surface area contributed by atoms with Gasteiger partial charge in [-0.3, -0.25) is 10.3 Å². The van der Waals surface area contributed by atoms with E-state index in [1.807, 2.05) is 13.1 Å². The molecule has 4 rings (SSSR count). The van der Waals surface area contributed by atoms with Crippen LogP contribution in [-0.4, -0.2) is 40.4 Å². The number of aliphatic hydroxyl groups excluding tert-OH is 1. The van der Waals surface area contributed by atoms with Crippen molar-refractivity contribution in [3.05, 3.63) is 53.3 Å². The van der Waals surface area contributed by atoms with Gasteiger partial charge in [0.05, 0.1) is 5.69 Å². The van der Waals surface area contributed by atoms with Crippen LogP contribution in [0.4, 0.5) is 0 Å². The van der Waals surface area contributed by atoms with Crippen LogP contribution in [0.5, 0.6) is 0 Å². The number of aromatic amines is 1. The number of hydrogen-bond acceptors (Lipinski definition) is 4. The smallest absolute Gasteiger partial charge is 0.111 e. The molecule has 5 heteroatoms. The highest BCUT2D eigenvalue weighted by atomic mass is 16.3. The number of piperidine rings is 1. The van der Waals surface area contributed by atoms with E-state index in [2.05, 4.69) is 71.7 Å². The number of aliphatic hydroxyl groups is 1. The van der Waals surface area contributed by atoms with Gasteiger partial charge in [-0.2, -0.15) is 0 Å². The maximum atomic E-state index is 10.8. The first-order chi connectivity index (χ1) is 14.4. The van der Waals surface area contributed by atoms with Crippen molar-refractivity contribution in [2.45, 2.75) is 64.6 Å². The first-order valence-corrected chi connectivity index (χ1v) is 11.2. The van der Waals surface area contributed by atoms with Crippen molar-refractivity contribution < 1.29 is 5.11 Å². The van der Waals surface area contributed by atoms with Gasteiger partial charge < -0.3 is 15.4 Å². The normalized spacial score (nSPS) is 19.3. The Labute approximate surface area is 179 Å². The highest BCUT2D eigenvalue weighted by molar-refractivity contribution is 5.92. The average Bonchev–Trinajstić information content (AvgIpc) is 3.13. The Balaban J connectivity index is 1.66. The van der Waals surface area contributed by atoms with Gasteiger partial charge in [-0.05, 0) is 67.6 Å². The molecule has 30 heavy (non-hydrogen) atoms. The zero-order valence-corrected chi connectivity index (χ0v) is 18.5. The SMILES string of the molecule is Cc1cc(-c2[nH]c3ccc(C(C)C(O)N[C@@H]4CCCNC4)cc3c2C(C)C)ccn1. The summed E-state index contributed by atoms with van der Waals surface area (Å²) in [7, 11) is 0. The maximum Gasteiger partial charge on any atom is 0.111 e. The third kappa shape index (κ3) is 4.29. The summed E-state index contributed by atoms with van der Waals surface area (Å²) in [5.41, 5.74) is 6.97. The number of fused-ring (bicyclic) bond motifs is 1. The molecule has 1 saturated heterocycles. The fourth-order valence-corrected chi connectivity index (χ4v) is 4.60. The number of rotatable bonds is 6. The lowest BCUT2D eigenvalue weighted by Crippen LogP contribution is -2.48. The van der Waals surface area contributed by atoms with E-state index in [0.717, 1.165) is 42.7 Å². The molecule has 3 atom stereocenters. The van der Waals surface area contributed by atoms with Gasteiger partial charge in [0.15, 0.2) is 0 Å². The molecular weight excluding hydrogens is 372 g/mol. The fourth-order valence-electron chi connectivity index (χ4n) is 4.60. The molecule has 4 N–H and O–H groups in total. The molecule has 160 valence electrons. The van der Waals surface area contributed by atoms with Gasteiger partial charge >= 0.3 is 0 Å². The van der Waals surface area contributed by atoms with E-state index in [0.29, 0.717) is 12.0 Å². The Morgan fingerprint density at radius 1 is 1.17 bits per heavy atom. The van der Waals surface area contributed by atoms with Gasteiger partial charge in [0.1, 0.15) is 6.23 Å². The lowest BCUT2D eigenvalue weighted by Gasteiger charge is -2.29. The van der Waals surface area contributed by atoms with E-state index in [9.17, 15) is 5.11 Å². The van der Waals surface area contributed by atoms with Gasteiger partial charge in [-0.1, -0.05) is 26.8 Å². The molecule has 2 aromatic heterocycles. The quantitative estimate of drug-likeness (QED) is 0.457. The van der Waals surface area contributed by atoms with Crippen molar-refractivity contribution in [3.8, 4) is 11.3 Å². The third-order valence-electron chi connectivity index (χ3n) is 6.33. The topological polar surface area (TPSA) is 73.0 Å². The summed E-state index contributed by atoms with van der Waals surface area (Å²) in [5, 5.41) is 18.9. The molecule has 5 nitrogen and oxygen atoms in total. The monoisotopic (exact) mass is 406 g/mol. The second-order valence-corrected chi connectivity index (χ2v) is 9.00. The number of H-pyrrole nitrogens is 1. The summed E-state index contributed by atoms with van der Waals surface area (Å²) in [6.07, 6.45) is 3.58. The Morgan fingerprint density at radius 3 is 2.70 bits per heavy atom. The zero-order valence-electron chi connectivity index (χ0n) is 18.5. The van der Waals surface area contributed by atoms with Gasteiger partial charge in [-0.25, -0.2) is 0 Å². The highest BCUT2D eigenvalue weighted by Gasteiger charge is 2.23. The van der Waals surface area contributed by atoms with Crippen LogP contribution in [0, 0.1) is 6.92 Å². The molecule has 2 unspecified atom stereocenters. The summed E-state index contributed by atoms with van der Waals surface area (Å²) in [5.74, 6) is 0.391. The van der Waals surface area contributed by atoms with Crippen molar-refractivity contribution >= 4 is 10.9 Å². The molecule has 1 aliphatic rings. The highest BCUT2D eigenvalue weighted by Crippen LogP contribution is 2.37. The molecule has 0 aliphatic carbocycles. The minimum absolute atomic E-state index is 0.0119. The zero-order chi connectivity index (χ0) is 21.3. The van der Waals surface area contributed by atoms with Gasteiger partial charge in [-0.15, -0.1) is 0 Å². The predicted molar refractivity (Wildman–Crippen MR) is 124 cm³/mol. The number of aryl methyl sites for hydroxylation is 1. The van der Waals surface area contributed by atoms with Crippen LogP contribution in [0.15, 0.2) is 36.5 Å². The summed E-state index contributed by atoms with van der Waals surface area (Å²) in [6, 6.07) is 11.1. The number of pyridine rings is 1. The molecule has 0 saturated carbocycles. The predicted octanol–water partition coefficient (Wildman–Crippen LogP) is 4.43. The first-order valence-electron chi connectivity index (χ1n) is 11.2. The fraction of sp³-hybridized carbons (Fsp3) is 0.480. The van der Waals surface area contributed by atoms with E-state index < -0.39 is 6.23 Å². The Kier molecular flexibility index (Phi) is 6.23. The van der Waals surface area contributed by atoms with E-state index in [-0.39, 0.29) is 5.92 Å². The lowest BCUT2D eigenvalue weighted by atomic mass is 9.92. The van der Waals surface area contributed by atoms with E-state index in [4.69, 9.17) is 0 Å². The molecule has 1 fully saturated rings. The van der Waals surface area contributed by atoms with Crippen LogP contribution in [0.25, 0.3) is 22.2 Å². The molecule has 1 aromatic carbocycles. The van der Waals surface area contributed by atoms with Gasteiger partial charge in [0.25, 0.3) is 0 Å². The largest absolute Gasteiger partial charge is 0.378 e. The molecule has 3 heterocycles. The first kappa shape index (κ1) is 21.0. The minimum Gasteiger partial charge on any atom is -0.378 e. The summed E-state index contributed by atoms with van der Waals surface area (Å²) < 4.78 is 0. The van der Waals surface area contributed by atoms with E-state index >= 15 is 0 Å². The third-order valence-corrected chi connectivity index (χ3v) is 6.33. The van der Waals surface area contributed by atoms with Gasteiger partial charge in [0.2, 0.25) is 0 Å². The molecule has 0 amide bonds.